The van der Waals surface area contributed by atoms with Gasteiger partial charge >= 0.3 is 6.18 Å². The SMILES string of the molecule is OCc1ccc(CN2CCn3c(nnc3C(F)(F)F)C2)o1. The van der Waals surface area contributed by atoms with Crippen LogP contribution in [-0.2, 0) is 32.4 Å². The number of rotatable bonds is 3. The maximum absolute atomic E-state index is 12.7. The molecule has 3 heterocycles. The van der Waals surface area contributed by atoms with Gasteiger partial charge in [-0.25, -0.2) is 0 Å². The number of aliphatic hydroxyl groups is 1. The van der Waals surface area contributed by atoms with Crippen molar-refractivity contribution in [2.24, 2.45) is 0 Å². The molecule has 0 aromatic carbocycles. The zero-order chi connectivity index (χ0) is 15.0. The average molecular weight is 302 g/mol. The third kappa shape index (κ3) is 2.79. The van der Waals surface area contributed by atoms with Gasteiger partial charge in [0.15, 0.2) is 0 Å². The highest BCUT2D eigenvalue weighted by Gasteiger charge is 2.39. The summed E-state index contributed by atoms with van der Waals surface area (Å²) < 4.78 is 44.6. The highest BCUT2D eigenvalue weighted by molar-refractivity contribution is 5.07. The van der Waals surface area contributed by atoms with E-state index >= 15 is 0 Å². The second-order valence-electron chi connectivity index (χ2n) is 4.83. The first-order chi connectivity index (χ1) is 9.97. The van der Waals surface area contributed by atoms with Crippen LogP contribution in [0.4, 0.5) is 13.2 Å². The van der Waals surface area contributed by atoms with E-state index in [1.54, 1.807) is 12.1 Å². The Bertz CT molecular complexity index is 635. The number of alkyl halides is 3. The number of hydrogen-bond acceptors (Lipinski definition) is 5. The molecule has 1 N–H and O–H groups in total. The van der Waals surface area contributed by atoms with Gasteiger partial charge in [-0.15, -0.1) is 10.2 Å². The minimum atomic E-state index is -4.48. The summed E-state index contributed by atoms with van der Waals surface area (Å²) in [6, 6.07) is 3.41. The standard InChI is InChI=1S/C12H13F3N4O2/c13-12(14,15)11-17-16-10-6-18(3-4-19(10)11)5-8-1-2-9(7-20)21-8/h1-2,20H,3-7H2. The van der Waals surface area contributed by atoms with E-state index in [1.165, 1.54) is 0 Å². The number of nitrogens with zero attached hydrogens (tertiary/aromatic N) is 4. The molecule has 3 rings (SSSR count). The topological polar surface area (TPSA) is 67.3 Å². The van der Waals surface area contributed by atoms with Crippen LogP contribution in [0.3, 0.4) is 0 Å². The average Bonchev–Trinajstić information content (AvgIpc) is 3.03. The van der Waals surface area contributed by atoms with Crippen molar-refractivity contribution in [3.63, 3.8) is 0 Å². The highest BCUT2D eigenvalue weighted by atomic mass is 19.4. The second kappa shape index (κ2) is 5.15. The van der Waals surface area contributed by atoms with E-state index in [9.17, 15) is 13.2 Å². The van der Waals surface area contributed by atoms with Crippen LogP contribution in [0.25, 0.3) is 0 Å². The molecular weight excluding hydrogens is 289 g/mol. The van der Waals surface area contributed by atoms with Crippen LogP contribution in [0.15, 0.2) is 16.5 Å². The van der Waals surface area contributed by atoms with Crippen LogP contribution >= 0.6 is 0 Å². The molecule has 9 heteroatoms. The van der Waals surface area contributed by atoms with E-state index in [0.717, 1.165) is 4.57 Å². The van der Waals surface area contributed by atoms with Gasteiger partial charge in [-0.1, -0.05) is 0 Å². The van der Waals surface area contributed by atoms with Crippen LogP contribution in [0.5, 0.6) is 0 Å². The Morgan fingerprint density at radius 2 is 1.95 bits per heavy atom. The van der Waals surface area contributed by atoms with Crippen molar-refractivity contribution < 1.29 is 22.7 Å². The Morgan fingerprint density at radius 3 is 2.62 bits per heavy atom. The van der Waals surface area contributed by atoms with Crippen molar-refractivity contribution >= 4 is 0 Å². The summed E-state index contributed by atoms with van der Waals surface area (Å²) in [5.74, 6) is 0.466. The van der Waals surface area contributed by atoms with Gasteiger partial charge in [-0.05, 0) is 12.1 Å². The molecule has 2 aromatic rings. The number of hydrogen-bond donors (Lipinski definition) is 1. The zero-order valence-corrected chi connectivity index (χ0v) is 11.0. The van der Waals surface area contributed by atoms with Crippen LogP contribution in [0, 0.1) is 0 Å². The van der Waals surface area contributed by atoms with Gasteiger partial charge in [0.05, 0.1) is 13.1 Å². The molecule has 2 aromatic heterocycles. The molecule has 0 radical (unpaired) electrons. The molecule has 0 saturated heterocycles. The first-order valence-electron chi connectivity index (χ1n) is 6.37. The van der Waals surface area contributed by atoms with Crippen LogP contribution in [0.1, 0.15) is 23.2 Å². The quantitative estimate of drug-likeness (QED) is 0.928. The maximum atomic E-state index is 12.7. The van der Waals surface area contributed by atoms with E-state index in [1.807, 2.05) is 4.90 Å². The molecule has 0 amide bonds. The van der Waals surface area contributed by atoms with E-state index in [2.05, 4.69) is 10.2 Å². The summed E-state index contributed by atoms with van der Waals surface area (Å²) in [6.45, 7) is 1.18. The zero-order valence-electron chi connectivity index (χ0n) is 11.0. The first kappa shape index (κ1) is 14.1. The van der Waals surface area contributed by atoms with Gasteiger partial charge in [0, 0.05) is 13.1 Å². The van der Waals surface area contributed by atoms with E-state index < -0.39 is 12.0 Å². The Morgan fingerprint density at radius 1 is 1.19 bits per heavy atom. The second-order valence-corrected chi connectivity index (χ2v) is 4.83. The van der Waals surface area contributed by atoms with Gasteiger partial charge < -0.3 is 14.1 Å². The molecule has 6 nitrogen and oxygen atoms in total. The number of aromatic nitrogens is 3. The monoisotopic (exact) mass is 302 g/mol. The Kier molecular flexibility index (Phi) is 3.46. The summed E-state index contributed by atoms with van der Waals surface area (Å²) in [5.41, 5.74) is 0. The highest BCUT2D eigenvalue weighted by Crippen LogP contribution is 2.29. The Hall–Kier alpha value is -1.87. The molecule has 114 valence electrons. The summed E-state index contributed by atoms with van der Waals surface area (Å²) >= 11 is 0. The molecule has 0 aliphatic carbocycles. The molecule has 0 bridgehead atoms. The van der Waals surface area contributed by atoms with Gasteiger partial charge in [0.25, 0.3) is 0 Å². The van der Waals surface area contributed by atoms with Crippen molar-refractivity contribution in [3.05, 3.63) is 35.3 Å². The minimum Gasteiger partial charge on any atom is -0.462 e. The largest absolute Gasteiger partial charge is 0.462 e. The molecule has 0 spiro atoms. The fourth-order valence-electron chi connectivity index (χ4n) is 2.37. The lowest BCUT2D eigenvalue weighted by atomic mass is 10.3. The van der Waals surface area contributed by atoms with Crippen molar-refractivity contribution in [1.82, 2.24) is 19.7 Å². The number of fused-ring (bicyclic) bond motifs is 1. The van der Waals surface area contributed by atoms with Crippen LogP contribution < -0.4 is 0 Å². The lowest BCUT2D eigenvalue weighted by Gasteiger charge is -2.27. The molecule has 0 fully saturated rings. The smallest absolute Gasteiger partial charge is 0.451 e. The molecule has 1 aliphatic rings. The number of halogens is 3. The van der Waals surface area contributed by atoms with Crippen molar-refractivity contribution in [2.75, 3.05) is 6.54 Å². The van der Waals surface area contributed by atoms with Crippen molar-refractivity contribution in [2.45, 2.75) is 32.4 Å². The molecule has 0 saturated carbocycles. The summed E-state index contributed by atoms with van der Waals surface area (Å²) in [5, 5.41) is 15.8. The minimum absolute atomic E-state index is 0.177. The molecule has 21 heavy (non-hydrogen) atoms. The lowest BCUT2D eigenvalue weighted by Crippen LogP contribution is -2.34. The maximum Gasteiger partial charge on any atom is 0.451 e. The van der Waals surface area contributed by atoms with Gasteiger partial charge in [0.2, 0.25) is 5.82 Å². The van der Waals surface area contributed by atoms with Crippen LogP contribution in [-0.4, -0.2) is 31.3 Å². The molecule has 1 aliphatic heterocycles. The van der Waals surface area contributed by atoms with Crippen molar-refractivity contribution in [3.8, 4) is 0 Å². The number of aliphatic hydroxyl groups excluding tert-OH is 1. The third-order valence-electron chi connectivity index (χ3n) is 3.34. The first-order valence-corrected chi connectivity index (χ1v) is 6.37. The van der Waals surface area contributed by atoms with E-state index in [-0.39, 0.29) is 19.7 Å². The molecule has 0 unspecified atom stereocenters. The molecular formula is C12H13F3N4O2. The van der Waals surface area contributed by atoms with Gasteiger partial charge in [-0.2, -0.15) is 13.2 Å². The van der Waals surface area contributed by atoms with Crippen LogP contribution in [0.2, 0.25) is 0 Å². The predicted octanol–water partition coefficient (Wildman–Crippen LogP) is 1.40. The fraction of sp³-hybridized carbons (Fsp3) is 0.500. The van der Waals surface area contributed by atoms with E-state index in [0.29, 0.717) is 30.4 Å². The lowest BCUT2D eigenvalue weighted by molar-refractivity contribution is -0.148. The summed E-state index contributed by atoms with van der Waals surface area (Å²) in [4.78, 5) is 1.92. The summed E-state index contributed by atoms with van der Waals surface area (Å²) in [6.07, 6.45) is -4.48. The Balaban J connectivity index is 1.72. The van der Waals surface area contributed by atoms with Crippen molar-refractivity contribution in [1.29, 1.82) is 0 Å². The van der Waals surface area contributed by atoms with Gasteiger partial charge in [0.1, 0.15) is 24.0 Å². The third-order valence-corrected chi connectivity index (χ3v) is 3.34. The fourth-order valence-corrected chi connectivity index (χ4v) is 2.37. The number of furan rings is 1. The molecule has 0 atom stereocenters. The Labute approximate surface area is 117 Å². The van der Waals surface area contributed by atoms with E-state index in [4.69, 9.17) is 9.52 Å². The normalized spacial score (nSPS) is 16.2. The van der Waals surface area contributed by atoms with Gasteiger partial charge in [-0.3, -0.25) is 4.90 Å². The summed E-state index contributed by atoms with van der Waals surface area (Å²) in [7, 11) is 0. The predicted molar refractivity (Wildman–Crippen MR) is 63.8 cm³/mol.